The van der Waals surface area contributed by atoms with E-state index in [1.165, 1.54) is 0 Å². The van der Waals surface area contributed by atoms with Crippen molar-refractivity contribution in [1.82, 2.24) is 4.83 Å². The third kappa shape index (κ3) is 3.24. The minimum Gasteiger partial charge on any atom is -0.466 e. The molecule has 2 saturated carbocycles. The number of sulfonamides is 1. The first-order valence-electron chi connectivity index (χ1n) is 7.73. The molecule has 124 valence electrons. The lowest BCUT2D eigenvalue weighted by Gasteiger charge is -2.07. The topological polar surface area (TPSA) is 84.8 Å². The average Bonchev–Trinajstić information content (AvgIpc) is 3.02. The Morgan fingerprint density at radius 2 is 1.87 bits per heavy atom. The monoisotopic (exact) mass is 336 g/mol. The molecule has 0 bridgehead atoms. The molecular formula is C16H20N2O4S. The minimum atomic E-state index is -3.63. The molecule has 1 N–H and O–H groups in total. The highest BCUT2D eigenvalue weighted by Crippen LogP contribution is 2.56. The van der Waals surface area contributed by atoms with Gasteiger partial charge in [0.2, 0.25) is 0 Å². The van der Waals surface area contributed by atoms with E-state index in [0.29, 0.717) is 19.4 Å². The molecular weight excluding hydrogens is 316 g/mol. The first-order chi connectivity index (χ1) is 10.9. The zero-order chi connectivity index (χ0) is 16.6. The van der Waals surface area contributed by atoms with Crippen LogP contribution in [0.2, 0.25) is 0 Å². The van der Waals surface area contributed by atoms with Gasteiger partial charge in [-0.15, -0.1) is 0 Å². The average molecular weight is 336 g/mol. The van der Waals surface area contributed by atoms with Crippen molar-refractivity contribution in [3.63, 3.8) is 0 Å². The molecule has 0 amide bonds. The van der Waals surface area contributed by atoms with Gasteiger partial charge in [0.1, 0.15) is 0 Å². The summed E-state index contributed by atoms with van der Waals surface area (Å²) in [4.78, 5) is 14.2. The van der Waals surface area contributed by atoms with Gasteiger partial charge in [-0.1, -0.05) is 17.7 Å². The van der Waals surface area contributed by atoms with Gasteiger partial charge in [-0.25, -0.2) is 4.83 Å². The lowest BCUT2D eigenvalue weighted by molar-refractivity contribution is -0.145. The predicted octanol–water partition coefficient (Wildman–Crippen LogP) is 1.85. The molecule has 1 aromatic rings. The van der Waals surface area contributed by atoms with E-state index in [4.69, 9.17) is 4.74 Å². The summed E-state index contributed by atoms with van der Waals surface area (Å²) >= 11 is 0. The van der Waals surface area contributed by atoms with Crippen molar-refractivity contribution in [1.29, 1.82) is 0 Å². The molecule has 0 saturated heterocycles. The van der Waals surface area contributed by atoms with Crippen molar-refractivity contribution in [2.45, 2.75) is 31.6 Å². The Morgan fingerprint density at radius 3 is 2.43 bits per heavy atom. The Labute approximate surface area is 136 Å². The molecule has 2 aliphatic carbocycles. The Hall–Kier alpha value is -1.89. The second-order valence-corrected chi connectivity index (χ2v) is 7.76. The zero-order valence-electron chi connectivity index (χ0n) is 13.2. The molecule has 0 heterocycles. The second kappa shape index (κ2) is 5.96. The number of benzene rings is 1. The van der Waals surface area contributed by atoms with E-state index in [1.54, 1.807) is 31.2 Å². The van der Waals surface area contributed by atoms with Crippen LogP contribution in [-0.2, 0) is 19.6 Å². The molecule has 0 aliphatic heterocycles. The number of fused-ring (bicyclic) bond motifs is 1. The normalized spacial score (nSPS) is 25.7. The number of aryl methyl sites for hydroxylation is 1. The number of hydrazone groups is 1. The number of esters is 1. The Kier molecular flexibility index (Phi) is 4.14. The fourth-order valence-electron chi connectivity index (χ4n) is 3.20. The lowest BCUT2D eigenvalue weighted by Crippen LogP contribution is -2.20. The van der Waals surface area contributed by atoms with Gasteiger partial charge in [-0.3, -0.25) is 4.79 Å². The van der Waals surface area contributed by atoms with Crippen LogP contribution < -0.4 is 4.83 Å². The molecule has 7 heteroatoms. The lowest BCUT2D eigenvalue weighted by atomic mass is 10.1. The predicted molar refractivity (Wildman–Crippen MR) is 85.3 cm³/mol. The molecule has 23 heavy (non-hydrogen) atoms. The first-order valence-corrected chi connectivity index (χ1v) is 9.21. The second-order valence-electron chi connectivity index (χ2n) is 6.10. The molecule has 2 atom stereocenters. The maximum absolute atomic E-state index is 12.2. The maximum Gasteiger partial charge on any atom is 0.309 e. The summed E-state index contributed by atoms with van der Waals surface area (Å²) in [6.07, 6.45) is 1.31. The van der Waals surface area contributed by atoms with Gasteiger partial charge in [0.05, 0.1) is 17.4 Å². The van der Waals surface area contributed by atoms with Crippen LogP contribution in [0.5, 0.6) is 0 Å². The summed E-state index contributed by atoms with van der Waals surface area (Å²) in [5, 5.41) is 4.04. The molecule has 2 unspecified atom stereocenters. The highest BCUT2D eigenvalue weighted by molar-refractivity contribution is 7.89. The van der Waals surface area contributed by atoms with Crippen LogP contribution in [0.25, 0.3) is 0 Å². The van der Waals surface area contributed by atoms with Gasteiger partial charge < -0.3 is 4.74 Å². The van der Waals surface area contributed by atoms with Crippen molar-refractivity contribution in [3.05, 3.63) is 29.8 Å². The summed E-state index contributed by atoms with van der Waals surface area (Å²) in [5.41, 5.74) is 1.80. The van der Waals surface area contributed by atoms with Gasteiger partial charge in [-0.2, -0.15) is 13.5 Å². The number of ether oxygens (including phenoxy) is 1. The molecule has 6 nitrogen and oxygen atoms in total. The van der Waals surface area contributed by atoms with E-state index in [-0.39, 0.29) is 28.6 Å². The van der Waals surface area contributed by atoms with Gasteiger partial charge in [0.15, 0.2) is 0 Å². The SMILES string of the molecule is CCOC(=O)C1C2CC(=NNS(=O)(=O)c3ccc(C)cc3)CC21. The van der Waals surface area contributed by atoms with Crippen molar-refractivity contribution < 1.29 is 17.9 Å². The summed E-state index contributed by atoms with van der Waals surface area (Å²) in [7, 11) is -3.63. The van der Waals surface area contributed by atoms with Crippen LogP contribution in [0.4, 0.5) is 0 Å². The Bertz CT molecular complexity index is 726. The van der Waals surface area contributed by atoms with E-state index in [9.17, 15) is 13.2 Å². The fourth-order valence-corrected chi connectivity index (χ4v) is 4.05. The van der Waals surface area contributed by atoms with Gasteiger partial charge in [0.25, 0.3) is 10.0 Å². The molecule has 3 rings (SSSR count). The van der Waals surface area contributed by atoms with Crippen LogP contribution >= 0.6 is 0 Å². The van der Waals surface area contributed by atoms with Crippen LogP contribution in [-0.4, -0.2) is 26.7 Å². The van der Waals surface area contributed by atoms with Crippen molar-refractivity contribution in [3.8, 4) is 0 Å². The minimum absolute atomic E-state index is 0.0254. The number of carbonyl (C=O) groups excluding carboxylic acids is 1. The number of nitrogens with zero attached hydrogens (tertiary/aromatic N) is 1. The van der Waals surface area contributed by atoms with Gasteiger partial charge in [0, 0.05) is 5.71 Å². The molecule has 0 radical (unpaired) electrons. The van der Waals surface area contributed by atoms with Crippen molar-refractivity contribution >= 4 is 21.7 Å². The quantitative estimate of drug-likeness (QED) is 0.657. The summed E-state index contributed by atoms with van der Waals surface area (Å²) < 4.78 is 29.3. The largest absolute Gasteiger partial charge is 0.466 e. The maximum atomic E-state index is 12.2. The number of nitrogens with one attached hydrogen (secondary N) is 1. The van der Waals surface area contributed by atoms with E-state index in [1.807, 2.05) is 6.92 Å². The number of carbonyl (C=O) groups is 1. The number of rotatable bonds is 5. The summed E-state index contributed by atoms with van der Waals surface area (Å²) in [5.74, 6) is 0.359. The van der Waals surface area contributed by atoms with Crippen LogP contribution in [0.15, 0.2) is 34.3 Å². The van der Waals surface area contributed by atoms with Gasteiger partial charge >= 0.3 is 5.97 Å². The highest BCUT2D eigenvalue weighted by Gasteiger charge is 2.59. The van der Waals surface area contributed by atoms with E-state index < -0.39 is 10.0 Å². The highest BCUT2D eigenvalue weighted by atomic mass is 32.2. The van der Waals surface area contributed by atoms with Crippen LogP contribution in [0, 0.1) is 24.7 Å². The van der Waals surface area contributed by atoms with Crippen LogP contribution in [0.1, 0.15) is 25.3 Å². The molecule has 0 aromatic heterocycles. The summed E-state index contributed by atoms with van der Waals surface area (Å²) in [6, 6.07) is 6.61. The molecule has 2 aliphatic rings. The van der Waals surface area contributed by atoms with Gasteiger partial charge in [-0.05, 0) is 50.7 Å². The molecule has 1 aromatic carbocycles. The zero-order valence-corrected chi connectivity index (χ0v) is 14.0. The standard InChI is InChI=1S/C16H20N2O4S/c1-3-22-16(19)15-13-8-11(9-14(13)15)17-18-23(20,21)12-6-4-10(2)5-7-12/h4-7,13-15,18H,3,8-9H2,1-2H3. The van der Waals surface area contributed by atoms with Crippen molar-refractivity contribution in [2.24, 2.45) is 22.9 Å². The smallest absolute Gasteiger partial charge is 0.309 e. The first kappa shape index (κ1) is 16.0. The molecule has 2 fully saturated rings. The summed E-state index contributed by atoms with van der Waals surface area (Å²) in [6.45, 7) is 4.09. The number of hydrogen-bond acceptors (Lipinski definition) is 5. The van der Waals surface area contributed by atoms with E-state index in [0.717, 1.165) is 11.3 Å². The third-order valence-electron chi connectivity index (χ3n) is 4.49. The van der Waals surface area contributed by atoms with E-state index >= 15 is 0 Å². The Morgan fingerprint density at radius 1 is 1.26 bits per heavy atom. The van der Waals surface area contributed by atoms with Crippen LogP contribution in [0.3, 0.4) is 0 Å². The Balaban J connectivity index is 1.59. The third-order valence-corrected chi connectivity index (χ3v) is 5.71. The van der Waals surface area contributed by atoms with E-state index in [2.05, 4.69) is 9.93 Å². The molecule has 0 spiro atoms. The van der Waals surface area contributed by atoms with Crippen molar-refractivity contribution in [2.75, 3.05) is 6.61 Å². The fraction of sp³-hybridized carbons (Fsp3) is 0.500. The number of hydrogen-bond donors (Lipinski definition) is 1.